The number of hydrogen-bond donors (Lipinski definition) is 1. The molecule has 3 aromatic rings. The molecule has 11 heteroatoms. The molecule has 2 aliphatic carbocycles. The van der Waals surface area contributed by atoms with E-state index >= 15 is 4.39 Å². The summed E-state index contributed by atoms with van der Waals surface area (Å²) in [5.74, 6) is 2.23. The van der Waals surface area contributed by atoms with E-state index in [4.69, 9.17) is 19.6 Å². The van der Waals surface area contributed by atoms with E-state index in [0.29, 0.717) is 49.4 Å². The molecule has 0 aliphatic heterocycles. The number of aliphatic hydroxyl groups is 1. The normalized spacial score (nSPS) is 20.7. The molecule has 2 bridgehead atoms. The van der Waals surface area contributed by atoms with Gasteiger partial charge in [0.2, 0.25) is 0 Å². The second-order valence-corrected chi connectivity index (χ2v) is 27.6. The standard InChI is InChI=1S/C34H54FN5O3Si2/c1-34(2,41)32-29(35)18-27(20-36-32)28-21-37-40-31(19-30(38-33(28)40)26-16-24-9-10-25(15-24)17-26)39(22-42-11-13-44(3,4)5)23-43-12-14-45(6,7)8/h18-21,24-26,41H,9-17,22-23H2,1-8H3/t24-,25+,26+. The van der Waals surface area contributed by atoms with E-state index in [1.807, 2.05) is 4.52 Å². The fraction of sp³-hybridized carbons (Fsp3) is 0.676. The number of ether oxygens (including phenoxy) is 2. The number of pyridine rings is 1. The van der Waals surface area contributed by atoms with Gasteiger partial charge in [-0.25, -0.2) is 9.37 Å². The van der Waals surface area contributed by atoms with E-state index in [2.05, 4.69) is 55.2 Å². The predicted molar refractivity (Wildman–Crippen MR) is 185 cm³/mol. The topological polar surface area (TPSA) is 85.0 Å². The lowest BCUT2D eigenvalue weighted by molar-refractivity contribution is 0.0695. The van der Waals surface area contributed by atoms with E-state index in [9.17, 15) is 5.11 Å². The molecule has 8 nitrogen and oxygen atoms in total. The number of rotatable bonds is 14. The van der Waals surface area contributed by atoms with Crippen LogP contribution in [0.3, 0.4) is 0 Å². The van der Waals surface area contributed by atoms with Crippen LogP contribution in [0.1, 0.15) is 63.3 Å². The molecule has 0 spiro atoms. The van der Waals surface area contributed by atoms with Gasteiger partial charge in [-0.3, -0.25) is 4.98 Å². The summed E-state index contributed by atoms with van der Waals surface area (Å²) < 4.78 is 29.7. The summed E-state index contributed by atoms with van der Waals surface area (Å²) >= 11 is 0. The molecule has 3 heterocycles. The van der Waals surface area contributed by atoms with Crippen LogP contribution in [0.4, 0.5) is 10.2 Å². The van der Waals surface area contributed by atoms with Crippen molar-refractivity contribution in [2.75, 3.05) is 31.6 Å². The van der Waals surface area contributed by atoms with Gasteiger partial charge in [-0.15, -0.1) is 0 Å². The summed E-state index contributed by atoms with van der Waals surface area (Å²) in [7, 11) is -2.50. The van der Waals surface area contributed by atoms with Crippen LogP contribution < -0.4 is 4.90 Å². The number of halogens is 1. The van der Waals surface area contributed by atoms with Gasteiger partial charge in [0.25, 0.3) is 0 Å². The average molecular weight is 656 g/mol. The Hall–Kier alpha value is -2.19. The minimum Gasteiger partial charge on any atom is -0.384 e. The second kappa shape index (κ2) is 13.5. The van der Waals surface area contributed by atoms with Crippen LogP contribution in [0, 0.1) is 17.7 Å². The van der Waals surface area contributed by atoms with Crippen molar-refractivity contribution in [1.82, 2.24) is 19.6 Å². The Morgan fingerprint density at radius 3 is 2.07 bits per heavy atom. The second-order valence-electron chi connectivity index (χ2n) is 16.4. The Kier molecular flexibility index (Phi) is 10.3. The summed E-state index contributed by atoms with van der Waals surface area (Å²) in [6, 6.07) is 5.80. The third-order valence-corrected chi connectivity index (χ3v) is 12.7. The smallest absolute Gasteiger partial charge is 0.165 e. The quantitative estimate of drug-likeness (QED) is 0.107. The van der Waals surface area contributed by atoms with Crippen molar-refractivity contribution >= 4 is 27.6 Å². The summed E-state index contributed by atoms with van der Waals surface area (Å²) in [4.78, 5) is 11.7. The zero-order valence-electron chi connectivity index (χ0n) is 28.7. The van der Waals surface area contributed by atoms with Crippen molar-refractivity contribution in [1.29, 1.82) is 0 Å². The number of fused-ring (bicyclic) bond motifs is 3. The molecule has 45 heavy (non-hydrogen) atoms. The van der Waals surface area contributed by atoms with Gasteiger partial charge >= 0.3 is 0 Å². The molecular formula is C34H54FN5O3Si2. The Labute approximate surface area is 270 Å². The zero-order valence-corrected chi connectivity index (χ0v) is 30.7. The van der Waals surface area contributed by atoms with Crippen LogP contribution >= 0.6 is 0 Å². The van der Waals surface area contributed by atoms with E-state index in [0.717, 1.165) is 48.3 Å². The van der Waals surface area contributed by atoms with Gasteiger partial charge in [0, 0.05) is 64.4 Å². The molecular weight excluding hydrogens is 602 g/mol. The average Bonchev–Trinajstić information content (AvgIpc) is 3.51. The number of hydrogen-bond acceptors (Lipinski definition) is 7. The van der Waals surface area contributed by atoms with Crippen molar-refractivity contribution in [2.24, 2.45) is 11.8 Å². The lowest BCUT2D eigenvalue weighted by Gasteiger charge is -2.30. The SMILES string of the molecule is CC(C)(O)c1ncc(-c2cnn3c(N(COCC[Si](C)(C)C)COCC[Si](C)(C)C)cc([C@H]4C[C@@H]5CC[C@@H](C5)C4)nc23)cc1F. The van der Waals surface area contributed by atoms with Gasteiger partial charge in [-0.05, 0) is 63.1 Å². The van der Waals surface area contributed by atoms with Crippen LogP contribution in [0.5, 0.6) is 0 Å². The highest BCUT2D eigenvalue weighted by Crippen LogP contribution is 2.48. The van der Waals surface area contributed by atoms with Crippen molar-refractivity contribution < 1.29 is 19.0 Å². The fourth-order valence-corrected chi connectivity index (χ4v) is 8.18. The number of nitrogens with zero attached hydrogens (tertiary/aromatic N) is 5. The van der Waals surface area contributed by atoms with Crippen molar-refractivity contribution in [3.8, 4) is 11.1 Å². The maximum absolute atomic E-state index is 15.2. The molecule has 0 saturated heterocycles. The van der Waals surface area contributed by atoms with Crippen LogP contribution in [0.15, 0.2) is 24.5 Å². The summed E-state index contributed by atoms with van der Waals surface area (Å²) in [6.45, 7) is 19.4. The highest BCUT2D eigenvalue weighted by atomic mass is 28.3. The van der Waals surface area contributed by atoms with Crippen molar-refractivity contribution in [3.63, 3.8) is 0 Å². The molecule has 3 aromatic heterocycles. The van der Waals surface area contributed by atoms with Crippen molar-refractivity contribution in [2.45, 2.75) is 109 Å². The lowest BCUT2D eigenvalue weighted by Crippen LogP contribution is -2.33. The Morgan fingerprint density at radius 2 is 1.53 bits per heavy atom. The number of aromatic nitrogens is 4. The van der Waals surface area contributed by atoms with Gasteiger partial charge in [-0.2, -0.15) is 9.61 Å². The van der Waals surface area contributed by atoms with E-state index in [1.54, 1.807) is 12.4 Å². The molecule has 0 amide bonds. The van der Waals surface area contributed by atoms with Gasteiger partial charge in [0.05, 0.1) is 6.20 Å². The molecule has 0 aromatic carbocycles. The zero-order chi connectivity index (χ0) is 32.6. The first-order chi connectivity index (χ1) is 21.1. The van der Waals surface area contributed by atoms with E-state index in [1.165, 1.54) is 39.2 Å². The third kappa shape index (κ3) is 8.79. The van der Waals surface area contributed by atoms with E-state index < -0.39 is 27.6 Å². The Morgan fingerprint density at radius 1 is 0.933 bits per heavy atom. The largest absolute Gasteiger partial charge is 0.384 e. The van der Waals surface area contributed by atoms with Crippen LogP contribution in [-0.2, 0) is 15.1 Å². The summed E-state index contributed by atoms with van der Waals surface area (Å²) in [5.41, 5.74) is 1.67. The molecule has 3 atom stereocenters. The fourth-order valence-electron chi connectivity index (χ4n) is 6.66. The Balaban J connectivity index is 1.54. The first-order valence-electron chi connectivity index (χ1n) is 16.8. The maximum Gasteiger partial charge on any atom is 0.165 e. The number of anilines is 1. The van der Waals surface area contributed by atoms with Gasteiger partial charge in [0.15, 0.2) is 5.65 Å². The first-order valence-corrected chi connectivity index (χ1v) is 24.2. The molecule has 2 saturated carbocycles. The lowest BCUT2D eigenvalue weighted by atomic mass is 9.79. The minimum absolute atomic E-state index is 0.0202. The first kappa shape index (κ1) is 34.2. The minimum atomic E-state index is -1.38. The maximum atomic E-state index is 15.2. The molecule has 5 rings (SSSR count). The monoisotopic (exact) mass is 655 g/mol. The van der Waals surface area contributed by atoms with Crippen LogP contribution in [-0.4, -0.2) is 67.5 Å². The van der Waals surface area contributed by atoms with Crippen LogP contribution in [0.2, 0.25) is 51.4 Å². The van der Waals surface area contributed by atoms with Gasteiger partial charge in [0.1, 0.15) is 36.4 Å². The van der Waals surface area contributed by atoms with Crippen molar-refractivity contribution in [3.05, 3.63) is 41.7 Å². The highest BCUT2D eigenvalue weighted by Gasteiger charge is 2.36. The summed E-state index contributed by atoms with van der Waals surface area (Å²) in [5, 5.41) is 15.2. The third-order valence-electron chi connectivity index (χ3n) is 9.32. The van der Waals surface area contributed by atoms with Gasteiger partial charge in [-0.1, -0.05) is 52.1 Å². The molecule has 2 aliphatic rings. The predicted octanol–water partition coefficient (Wildman–Crippen LogP) is 7.88. The van der Waals surface area contributed by atoms with Gasteiger partial charge < -0.3 is 19.5 Å². The molecule has 2 fully saturated rings. The van der Waals surface area contributed by atoms with E-state index in [-0.39, 0.29) is 5.69 Å². The molecule has 0 radical (unpaired) electrons. The highest BCUT2D eigenvalue weighted by molar-refractivity contribution is 6.76. The molecule has 0 unspecified atom stereocenters. The van der Waals surface area contributed by atoms with Crippen LogP contribution in [0.25, 0.3) is 16.8 Å². The summed E-state index contributed by atoms with van der Waals surface area (Å²) in [6.07, 6.45) is 9.63. The molecule has 248 valence electrons. The Bertz CT molecular complexity index is 1430. The molecule has 1 N–H and O–H groups in total.